The quantitative estimate of drug-likeness (QED) is 0.859. The maximum atomic E-state index is 11.8. The Kier molecular flexibility index (Phi) is 4.23. The lowest BCUT2D eigenvalue weighted by atomic mass is 10.0. The van der Waals surface area contributed by atoms with Crippen LogP contribution in [0.15, 0.2) is 29.1 Å². The van der Waals surface area contributed by atoms with Crippen LogP contribution in [0, 0.1) is 13.8 Å². The van der Waals surface area contributed by atoms with Crippen LogP contribution in [0.1, 0.15) is 29.4 Å². The third-order valence-corrected chi connectivity index (χ3v) is 3.63. The van der Waals surface area contributed by atoms with Gasteiger partial charge >= 0.3 is 5.69 Å². The summed E-state index contributed by atoms with van der Waals surface area (Å²) in [6.45, 7) is 6.49. The van der Waals surface area contributed by atoms with E-state index in [0.29, 0.717) is 6.54 Å². The minimum atomic E-state index is -0.166. The van der Waals surface area contributed by atoms with Gasteiger partial charge in [0.2, 0.25) is 0 Å². The number of hydrogen-bond acceptors (Lipinski definition) is 3. The van der Waals surface area contributed by atoms with Gasteiger partial charge < -0.3 is 4.74 Å². The van der Waals surface area contributed by atoms with E-state index in [4.69, 9.17) is 4.74 Å². The van der Waals surface area contributed by atoms with E-state index in [1.54, 1.807) is 11.7 Å². The van der Waals surface area contributed by atoms with Crippen LogP contribution in [-0.4, -0.2) is 16.7 Å². The molecular weight excluding hydrogens is 252 g/mol. The number of ether oxygens (including phenoxy) is 1. The lowest BCUT2D eigenvalue weighted by molar-refractivity contribution is 0.414. The standard InChI is InChI=1S/C16H20N2O2/c1-5-18-12(3)15(11(2)17-16(18)19)10-13-6-8-14(20-4)9-7-13/h6-9H,5,10H2,1-4H3. The highest BCUT2D eigenvalue weighted by Crippen LogP contribution is 2.18. The molecule has 0 unspecified atom stereocenters. The summed E-state index contributed by atoms with van der Waals surface area (Å²) in [4.78, 5) is 15.9. The number of aryl methyl sites for hydroxylation is 1. The molecule has 4 heteroatoms. The Bertz CT molecular complexity index is 657. The van der Waals surface area contributed by atoms with Crippen LogP contribution in [0.25, 0.3) is 0 Å². The zero-order valence-electron chi connectivity index (χ0n) is 12.4. The van der Waals surface area contributed by atoms with Gasteiger partial charge in [-0.05, 0) is 44.0 Å². The van der Waals surface area contributed by atoms with Crippen molar-refractivity contribution in [3.8, 4) is 5.75 Å². The number of methoxy groups -OCH3 is 1. The van der Waals surface area contributed by atoms with Crippen molar-refractivity contribution < 1.29 is 4.74 Å². The SMILES string of the molecule is CCn1c(C)c(Cc2ccc(OC)cc2)c(C)nc1=O. The van der Waals surface area contributed by atoms with E-state index in [-0.39, 0.29) is 5.69 Å². The van der Waals surface area contributed by atoms with Crippen LogP contribution in [0.4, 0.5) is 0 Å². The monoisotopic (exact) mass is 272 g/mol. The number of rotatable bonds is 4. The van der Waals surface area contributed by atoms with Crippen LogP contribution in [0.5, 0.6) is 5.75 Å². The van der Waals surface area contributed by atoms with Crippen LogP contribution in [0.2, 0.25) is 0 Å². The van der Waals surface area contributed by atoms with Gasteiger partial charge in [-0.15, -0.1) is 0 Å². The molecule has 1 aromatic heterocycles. The zero-order chi connectivity index (χ0) is 14.7. The summed E-state index contributed by atoms with van der Waals surface area (Å²) in [5.41, 5.74) is 3.95. The van der Waals surface area contributed by atoms with Gasteiger partial charge in [-0.3, -0.25) is 4.57 Å². The molecule has 0 saturated carbocycles. The van der Waals surface area contributed by atoms with E-state index in [2.05, 4.69) is 4.98 Å². The normalized spacial score (nSPS) is 10.6. The molecule has 1 aromatic carbocycles. The third-order valence-electron chi connectivity index (χ3n) is 3.63. The molecule has 0 aliphatic heterocycles. The third kappa shape index (κ3) is 2.74. The highest BCUT2D eigenvalue weighted by atomic mass is 16.5. The van der Waals surface area contributed by atoms with Gasteiger partial charge in [0.15, 0.2) is 0 Å². The molecule has 0 radical (unpaired) electrons. The molecule has 0 fully saturated rings. The van der Waals surface area contributed by atoms with Crippen molar-refractivity contribution >= 4 is 0 Å². The highest BCUT2D eigenvalue weighted by Gasteiger charge is 2.11. The molecular formula is C16H20N2O2. The van der Waals surface area contributed by atoms with Crippen molar-refractivity contribution in [2.45, 2.75) is 33.7 Å². The number of aromatic nitrogens is 2. The number of nitrogens with zero attached hydrogens (tertiary/aromatic N) is 2. The van der Waals surface area contributed by atoms with Crippen LogP contribution >= 0.6 is 0 Å². The Labute approximate surface area is 119 Å². The first-order chi connectivity index (χ1) is 9.56. The topological polar surface area (TPSA) is 44.1 Å². The molecule has 2 rings (SSSR count). The smallest absolute Gasteiger partial charge is 0.347 e. The Morgan fingerprint density at radius 2 is 1.85 bits per heavy atom. The molecule has 0 amide bonds. The van der Waals surface area contributed by atoms with Crippen molar-refractivity contribution in [3.05, 3.63) is 57.3 Å². The van der Waals surface area contributed by atoms with Gasteiger partial charge in [0.1, 0.15) is 5.75 Å². The largest absolute Gasteiger partial charge is 0.497 e. The Balaban J connectivity index is 2.39. The van der Waals surface area contributed by atoms with E-state index in [9.17, 15) is 4.79 Å². The Morgan fingerprint density at radius 3 is 2.40 bits per heavy atom. The fraction of sp³-hybridized carbons (Fsp3) is 0.375. The van der Waals surface area contributed by atoms with Crippen LogP contribution < -0.4 is 10.4 Å². The lowest BCUT2D eigenvalue weighted by Crippen LogP contribution is -2.27. The van der Waals surface area contributed by atoms with Crippen LogP contribution in [0.3, 0.4) is 0 Å². The van der Waals surface area contributed by atoms with Gasteiger partial charge in [0, 0.05) is 24.4 Å². The Hall–Kier alpha value is -2.10. The fourth-order valence-electron chi connectivity index (χ4n) is 2.42. The van der Waals surface area contributed by atoms with Gasteiger partial charge in [-0.2, -0.15) is 4.98 Å². The minimum absolute atomic E-state index is 0.166. The second-order valence-electron chi connectivity index (χ2n) is 4.81. The average molecular weight is 272 g/mol. The van der Waals surface area contributed by atoms with Gasteiger partial charge in [0.05, 0.1) is 7.11 Å². The molecule has 0 N–H and O–H groups in total. The molecule has 0 saturated heterocycles. The van der Waals surface area contributed by atoms with E-state index in [1.165, 1.54) is 5.56 Å². The van der Waals surface area contributed by atoms with Crippen molar-refractivity contribution in [1.82, 2.24) is 9.55 Å². The van der Waals surface area contributed by atoms with Crippen molar-refractivity contribution in [3.63, 3.8) is 0 Å². The van der Waals surface area contributed by atoms with Crippen molar-refractivity contribution in [2.75, 3.05) is 7.11 Å². The summed E-state index contributed by atoms with van der Waals surface area (Å²) in [7, 11) is 1.66. The lowest BCUT2D eigenvalue weighted by Gasteiger charge is -2.14. The predicted octanol–water partition coefficient (Wildman–Crippen LogP) is 2.48. The van der Waals surface area contributed by atoms with E-state index < -0.39 is 0 Å². The van der Waals surface area contributed by atoms with Gasteiger partial charge in [-0.25, -0.2) is 4.79 Å². The molecule has 106 valence electrons. The molecule has 4 nitrogen and oxygen atoms in total. The van der Waals surface area contributed by atoms with Crippen LogP contribution in [-0.2, 0) is 13.0 Å². The molecule has 0 bridgehead atoms. The first-order valence-electron chi connectivity index (χ1n) is 6.76. The van der Waals surface area contributed by atoms with Crippen molar-refractivity contribution in [1.29, 1.82) is 0 Å². The van der Waals surface area contributed by atoms with Crippen molar-refractivity contribution in [2.24, 2.45) is 0 Å². The van der Waals surface area contributed by atoms with E-state index >= 15 is 0 Å². The summed E-state index contributed by atoms with van der Waals surface area (Å²) in [5.74, 6) is 0.846. The predicted molar refractivity (Wildman–Crippen MR) is 79.4 cm³/mol. The molecule has 1 heterocycles. The second-order valence-corrected chi connectivity index (χ2v) is 4.81. The fourth-order valence-corrected chi connectivity index (χ4v) is 2.42. The first-order valence-corrected chi connectivity index (χ1v) is 6.76. The molecule has 0 aliphatic rings. The maximum Gasteiger partial charge on any atom is 0.347 e. The summed E-state index contributed by atoms with van der Waals surface area (Å²) in [5, 5.41) is 0. The summed E-state index contributed by atoms with van der Waals surface area (Å²) in [6.07, 6.45) is 0.773. The molecule has 2 aromatic rings. The summed E-state index contributed by atoms with van der Waals surface area (Å²) < 4.78 is 6.88. The molecule has 0 aliphatic carbocycles. The second kappa shape index (κ2) is 5.90. The van der Waals surface area contributed by atoms with Gasteiger partial charge in [-0.1, -0.05) is 12.1 Å². The maximum absolute atomic E-state index is 11.8. The molecule has 0 atom stereocenters. The molecule has 20 heavy (non-hydrogen) atoms. The first kappa shape index (κ1) is 14.3. The number of benzene rings is 1. The number of hydrogen-bond donors (Lipinski definition) is 0. The van der Waals surface area contributed by atoms with E-state index in [0.717, 1.165) is 29.1 Å². The molecule has 0 spiro atoms. The van der Waals surface area contributed by atoms with Gasteiger partial charge in [0.25, 0.3) is 0 Å². The minimum Gasteiger partial charge on any atom is -0.497 e. The van der Waals surface area contributed by atoms with E-state index in [1.807, 2.05) is 45.0 Å². The Morgan fingerprint density at radius 1 is 1.20 bits per heavy atom. The summed E-state index contributed by atoms with van der Waals surface area (Å²) >= 11 is 0. The summed E-state index contributed by atoms with van der Waals surface area (Å²) in [6, 6.07) is 7.98. The highest BCUT2D eigenvalue weighted by molar-refractivity contribution is 5.34. The average Bonchev–Trinajstić information content (AvgIpc) is 2.44. The zero-order valence-corrected chi connectivity index (χ0v) is 12.4.